The Balaban J connectivity index is 1.52. The summed E-state index contributed by atoms with van der Waals surface area (Å²) < 4.78 is 10.7. The fourth-order valence-corrected chi connectivity index (χ4v) is 3.65. The van der Waals surface area contributed by atoms with E-state index in [0.717, 1.165) is 41.9 Å². The zero-order valence-corrected chi connectivity index (χ0v) is 16.5. The Morgan fingerprint density at radius 2 is 1.93 bits per heavy atom. The average molecular weight is 398 g/mol. The maximum atomic E-state index is 6.53. The smallest absolute Gasteiger partial charge is 0.179 e. The molecule has 1 aliphatic heterocycles. The third-order valence-electron chi connectivity index (χ3n) is 4.79. The quantitative estimate of drug-likeness (QED) is 0.654. The van der Waals surface area contributed by atoms with Gasteiger partial charge in [0.1, 0.15) is 6.33 Å². The predicted octanol–water partition coefficient (Wildman–Crippen LogP) is 3.16. The van der Waals surface area contributed by atoms with Gasteiger partial charge in [0.25, 0.3) is 0 Å². The molecule has 3 aromatic rings. The first kappa shape index (κ1) is 18.6. The number of benzene rings is 1. The maximum Gasteiger partial charge on any atom is 0.179 e. The Morgan fingerprint density at radius 1 is 1.11 bits per heavy atom. The lowest BCUT2D eigenvalue weighted by Gasteiger charge is -2.28. The van der Waals surface area contributed by atoms with Crippen molar-refractivity contribution in [3.63, 3.8) is 0 Å². The molecule has 1 aromatic carbocycles. The largest absolute Gasteiger partial charge is 0.493 e. The summed E-state index contributed by atoms with van der Waals surface area (Å²) in [6.07, 6.45) is 7.70. The number of hydrogen-bond acceptors (Lipinski definition) is 7. The van der Waals surface area contributed by atoms with Gasteiger partial charge in [-0.05, 0) is 11.6 Å². The molecule has 7 nitrogen and oxygen atoms in total. The van der Waals surface area contributed by atoms with Crippen LogP contribution in [-0.2, 0) is 19.5 Å². The molecule has 0 unspecified atom stereocenters. The van der Waals surface area contributed by atoms with Crippen molar-refractivity contribution in [3.05, 3.63) is 58.9 Å². The van der Waals surface area contributed by atoms with Gasteiger partial charge in [-0.2, -0.15) is 0 Å². The molecule has 0 amide bonds. The normalized spacial score (nSPS) is 13.8. The van der Waals surface area contributed by atoms with E-state index in [4.69, 9.17) is 26.1 Å². The van der Waals surface area contributed by atoms with Crippen molar-refractivity contribution in [1.29, 1.82) is 0 Å². The highest BCUT2D eigenvalue weighted by Crippen LogP contribution is 2.38. The van der Waals surface area contributed by atoms with E-state index in [1.165, 1.54) is 6.33 Å². The van der Waals surface area contributed by atoms with Crippen molar-refractivity contribution in [1.82, 2.24) is 24.8 Å². The lowest BCUT2D eigenvalue weighted by molar-refractivity contribution is 0.242. The molecule has 144 valence electrons. The van der Waals surface area contributed by atoms with Gasteiger partial charge in [-0.15, -0.1) is 0 Å². The first-order valence-electron chi connectivity index (χ1n) is 8.91. The van der Waals surface area contributed by atoms with E-state index >= 15 is 0 Å². The molecule has 0 N–H and O–H groups in total. The third kappa shape index (κ3) is 3.63. The molecule has 2 aromatic heterocycles. The molecule has 0 saturated carbocycles. The van der Waals surface area contributed by atoms with Crippen LogP contribution in [-0.4, -0.2) is 45.6 Å². The van der Waals surface area contributed by atoms with Gasteiger partial charge in [-0.25, -0.2) is 19.9 Å². The molecule has 4 rings (SSSR count). The number of fused-ring (bicyclic) bond motifs is 1. The van der Waals surface area contributed by atoms with Crippen molar-refractivity contribution in [2.24, 2.45) is 0 Å². The number of hydrogen-bond donors (Lipinski definition) is 0. The van der Waals surface area contributed by atoms with Crippen LogP contribution in [0.1, 0.15) is 16.8 Å². The Labute approximate surface area is 168 Å². The summed E-state index contributed by atoms with van der Waals surface area (Å²) in [7, 11) is 3.20. The molecule has 0 saturated heterocycles. The van der Waals surface area contributed by atoms with Gasteiger partial charge in [0.15, 0.2) is 17.3 Å². The summed E-state index contributed by atoms with van der Waals surface area (Å²) in [5.41, 5.74) is 4.03. The van der Waals surface area contributed by atoms with Crippen LogP contribution < -0.4 is 9.47 Å². The maximum absolute atomic E-state index is 6.53. The molecule has 0 fully saturated rings. The van der Waals surface area contributed by atoms with E-state index in [9.17, 15) is 0 Å². The second-order valence-corrected chi connectivity index (χ2v) is 6.91. The van der Waals surface area contributed by atoms with E-state index < -0.39 is 0 Å². The van der Waals surface area contributed by atoms with Crippen LogP contribution in [0, 0.1) is 0 Å². The molecule has 0 atom stereocenters. The summed E-state index contributed by atoms with van der Waals surface area (Å²) in [4.78, 5) is 19.6. The van der Waals surface area contributed by atoms with Crippen LogP contribution in [0.15, 0.2) is 37.1 Å². The molecule has 0 bridgehead atoms. The molecule has 1 aliphatic rings. The van der Waals surface area contributed by atoms with E-state index in [2.05, 4.69) is 19.9 Å². The van der Waals surface area contributed by atoms with Crippen LogP contribution in [0.4, 0.5) is 0 Å². The van der Waals surface area contributed by atoms with Crippen molar-refractivity contribution in [3.8, 4) is 22.9 Å². The third-order valence-corrected chi connectivity index (χ3v) is 5.21. The standard InChI is InChI=1S/C20H20ClN5O2/c1-27-17-4-3-13(18(21)19(17)28-2)10-26-6-5-16-15(11-26)9-24-20(25-16)14-7-22-12-23-8-14/h3-4,7-9,12H,5-6,10-11H2,1-2H3. The molecule has 3 heterocycles. The molecular weight excluding hydrogens is 378 g/mol. The fraction of sp³-hybridized carbons (Fsp3) is 0.300. The van der Waals surface area contributed by atoms with E-state index in [1.807, 2.05) is 18.3 Å². The van der Waals surface area contributed by atoms with Crippen molar-refractivity contribution < 1.29 is 9.47 Å². The van der Waals surface area contributed by atoms with Crippen LogP contribution in [0.5, 0.6) is 11.5 Å². The van der Waals surface area contributed by atoms with E-state index in [-0.39, 0.29) is 0 Å². The second kappa shape index (κ2) is 8.08. The van der Waals surface area contributed by atoms with Gasteiger partial charge in [0, 0.05) is 50.2 Å². The Hall–Kier alpha value is -2.77. The van der Waals surface area contributed by atoms with Gasteiger partial charge in [-0.3, -0.25) is 4.90 Å². The number of rotatable bonds is 5. The van der Waals surface area contributed by atoms with Crippen LogP contribution >= 0.6 is 11.6 Å². The minimum absolute atomic E-state index is 0.567. The monoisotopic (exact) mass is 397 g/mol. The van der Waals surface area contributed by atoms with Gasteiger partial charge in [0.05, 0.1) is 30.5 Å². The SMILES string of the molecule is COc1ccc(CN2CCc3nc(-c4cncnc4)ncc3C2)c(Cl)c1OC. The lowest BCUT2D eigenvalue weighted by Crippen LogP contribution is -2.31. The van der Waals surface area contributed by atoms with E-state index in [0.29, 0.717) is 28.9 Å². The second-order valence-electron chi connectivity index (χ2n) is 6.53. The zero-order chi connectivity index (χ0) is 19.5. The van der Waals surface area contributed by atoms with Gasteiger partial charge >= 0.3 is 0 Å². The van der Waals surface area contributed by atoms with Crippen molar-refractivity contribution in [2.75, 3.05) is 20.8 Å². The highest BCUT2D eigenvalue weighted by atomic mass is 35.5. The minimum Gasteiger partial charge on any atom is -0.493 e. The summed E-state index contributed by atoms with van der Waals surface area (Å²) in [5, 5.41) is 0.586. The number of ether oxygens (including phenoxy) is 2. The topological polar surface area (TPSA) is 73.3 Å². The number of methoxy groups -OCH3 is 2. The van der Waals surface area contributed by atoms with E-state index in [1.54, 1.807) is 26.6 Å². The molecule has 0 aliphatic carbocycles. The Bertz CT molecular complexity index is 984. The van der Waals surface area contributed by atoms with Gasteiger partial charge in [-0.1, -0.05) is 17.7 Å². The summed E-state index contributed by atoms with van der Waals surface area (Å²) in [6, 6.07) is 3.86. The van der Waals surface area contributed by atoms with Crippen molar-refractivity contribution in [2.45, 2.75) is 19.5 Å². The Kier molecular flexibility index (Phi) is 5.36. The zero-order valence-electron chi connectivity index (χ0n) is 15.7. The highest BCUT2D eigenvalue weighted by molar-refractivity contribution is 6.33. The van der Waals surface area contributed by atoms with Gasteiger partial charge in [0.2, 0.25) is 0 Å². The van der Waals surface area contributed by atoms with Crippen LogP contribution in [0.3, 0.4) is 0 Å². The fourth-order valence-electron chi connectivity index (χ4n) is 3.36. The number of aromatic nitrogens is 4. The van der Waals surface area contributed by atoms with Crippen LogP contribution in [0.25, 0.3) is 11.4 Å². The Morgan fingerprint density at radius 3 is 2.68 bits per heavy atom. The molecule has 0 radical (unpaired) electrons. The first-order valence-corrected chi connectivity index (χ1v) is 9.29. The van der Waals surface area contributed by atoms with Crippen LogP contribution in [0.2, 0.25) is 5.02 Å². The summed E-state index contributed by atoms with van der Waals surface area (Å²) in [5.74, 6) is 1.86. The number of nitrogens with zero attached hydrogens (tertiary/aromatic N) is 5. The summed E-state index contributed by atoms with van der Waals surface area (Å²) in [6.45, 7) is 2.37. The number of halogens is 1. The summed E-state index contributed by atoms with van der Waals surface area (Å²) >= 11 is 6.53. The molecule has 8 heteroatoms. The molecule has 0 spiro atoms. The lowest BCUT2D eigenvalue weighted by atomic mass is 10.1. The average Bonchev–Trinajstić information content (AvgIpc) is 2.75. The minimum atomic E-state index is 0.567. The van der Waals surface area contributed by atoms with Gasteiger partial charge < -0.3 is 9.47 Å². The molecular formula is C20H20ClN5O2. The highest BCUT2D eigenvalue weighted by Gasteiger charge is 2.21. The van der Waals surface area contributed by atoms with Crippen molar-refractivity contribution >= 4 is 11.6 Å². The predicted molar refractivity (Wildman–Crippen MR) is 105 cm³/mol. The molecule has 28 heavy (non-hydrogen) atoms. The first-order chi connectivity index (χ1) is 13.7.